The highest BCUT2D eigenvalue weighted by Gasteiger charge is 2.07. The summed E-state index contributed by atoms with van der Waals surface area (Å²) in [7, 11) is 4.03. The Morgan fingerprint density at radius 2 is 1.71 bits per heavy atom. The van der Waals surface area contributed by atoms with Crippen LogP contribution in [0.25, 0.3) is 10.9 Å². The molecule has 0 aliphatic heterocycles. The molecule has 1 N–H and O–H groups in total. The van der Waals surface area contributed by atoms with E-state index in [9.17, 15) is 0 Å². The largest absolute Gasteiger partial charge is 0.375 e. The second-order valence-corrected chi connectivity index (χ2v) is 5.60. The summed E-state index contributed by atoms with van der Waals surface area (Å²) < 4.78 is 3.36. The third-order valence-corrected chi connectivity index (χ3v) is 3.95. The molecule has 0 bridgehead atoms. The summed E-state index contributed by atoms with van der Waals surface area (Å²) >= 11 is 1.50. The molecule has 3 rings (SSSR count). The van der Waals surface area contributed by atoms with Gasteiger partial charge in [0.1, 0.15) is 5.03 Å². The molecule has 0 saturated heterocycles. The summed E-state index contributed by atoms with van der Waals surface area (Å²) in [5.41, 5.74) is 3.05. The Balaban J connectivity index is 1.87. The first-order chi connectivity index (χ1) is 10.3. The maximum absolute atomic E-state index is 4.44. The topological polar surface area (TPSA) is 41.1 Å². The predicted octanol–water partition coefficient (Wildman–Crippen LogP) is 3.82. The van der Waals surface area contributed by atoms with Crippen LogP contribution in [0.4, 0.5) is 11.4 Å². The van der Waals surface area contributed by atoms with Crippen LogP contribution in [0.1, 0.15) is 0 Å². The van der Waals surface area contributed by atoms with Gasteiger partial charge in [-0.05, 0) is 24.3 Å². The second-order valence-electron chi connectivity index (χ2n) is 4.81. The van der Waals surface area contributed by atoms with Gasteiger partial charge >= 0.3 is 0 Å². The fraction of sp³-hybridized carbons (Fsp3) is 0.125. The monoisotopic (exact) mass is 296 g/mol. The summed E-state index contributed by atoms with van der Waals surface area (Å²) in [6, 6.07) is 14.1. The Labute approximate surface area is 128 Å². The van der Waals surface area contributed by atoms with Gasteiger partial charge < -0.3 is 9.62 Å². The molecule has 0 saturated carbocycles. The van der Waals surface area contributed by atoms with Crippen LogP contribution in [0.5, 0.6) is 0 Å². The molecule has 3 aromatic rings. The Hall–Kier alpha value is -2.27. The summed E-state index contributed by atoms with van der Waals surface area (Å²) in [6.07, 6.45) is 3.61. The molecule has 5 heteroatoms. The molecule has 0 aliphatic rings. The Morgan fingerprint density at radius 1 is 0.952 bits per heavy atom. The molecule has 2 heterocycles. The lowest BCUT2D eigenvalue weighted by molar-refractivity contribution is 1.03. The van der Waals surface area contributed by atoms with Gasteiger partial charge in [0.2, 0.25) is 0 Å². The fourth-order valence-corrected chi connectivity index (χ4v) is 2.93. The molecule has 0 aliphatic carbocycles. The summed E-state index contributed by atoms with van der Waals surface area (Å²) in [4.78, 5) is 10.9. The van der Waals surface area contributed by atoms with Crippen molar-refractivity contribution in [2.75, 3.05) is 23.7 Å². The van der Waals surface area contributed by atoms with E-state index < -0.39 is 0 Å². The molecule has 0 unspecified atom stereocenters. The number of para-hydroxylation sites is 1. The maximum Gasteiger partial charge on any atom is 0.140 e. The summed E-state index contributed by atoms with van der Waals surface area (Å²) in [5.74, 6) is 0. The van der Waals surface area contributed by atoms with Crippen molar-refractivity contribution in [3.8, 4) is 0 Å². The molecule has 0 radical (unpaired) electrons. The van der Waals surface area contributed by atoms with Crippen LogP contribution in [0.2, 0.25) is 0 Å². The first kappa shape index (κ1) is 13.7. The lowest BCUT2D eigenvalue weighted by Gasteiger charge is -2.16. The van der Waals surface area contributed by atoms with Gasteiger partial charge in [-0.1, -0.05) is 18.2 Å². The number of hydrogen-bond donors (Lipinski definition) is 1. The lowest BCUT2D eigenvalue weighted by atomic mass is 10.2. The number of anilines is 2. The van der Waals surface area contributed by atoms with Crippen LogP contribution in [-0.2, 0) is 0 Å². The van der Waals surface area contributed by atoms with Gasteiger partial charge in [-0.15, -0.1) is 0 Å². The van der Waals surface area contributed by atoms with Crippen LogP contribution < -0.4 is 9.62 Å². The van der Waals surface area contributed by atoms with Gasteiger partial charge in [0, 0.05) is 43.8 Å². The standard InChI is InChI=1S/C16H16N4S/c1-20(2)14-9-5-11-18-16(14)21-19-13-8-3-6-12-7-4-10-17-15(12)13/h3-11,19H,1-2H3. The number of pyridine rings is 2. The number of fused-ring (bicyclic) bond motifs is 1. The molecule has 0 atom stereocenters. The number of nitrogens with zero attached hydrogens (tertiary/aromatic N) is 3. The van der Waals surface area contributed by atoms with Gasteiger partial charge in [-0.2, -0.15) is 0 Å². The molecular weight excluding hydrogens is 280 g/mol. The van der Waals surface area contributed by atoms with Crippen molar-refractivity contribution < 1.29 is 0 Å². The number of hydrogen-bond acceptors (Lipinski definition) is 5. The van der Waals surface area contributed by atoms with E-state index in [-0.39, 0.29) is 0 Å². The minimum Gasteiger partial charge on any atom is -0.375 e. The Kier molecular flexibility index (Phi) is 3.92. The quantitative estimate of drug-likeness (QED) is 0.741. The molecule has 106 valence electrons. The average Bonchev–Trinajstić information content (AvgIpc) is 2.53. The average molecular weight is 296 g/mol. The highest BCUT2D eigenvalue weighted by Crippen LogP contribution is 2.30. The lowest BCUT2D eigenvalue weighted by Crippen LogP contribution is -2.10. The zero-order chi connectivity index (χ0) is 14.7. The zero-order valence-electron chi connectivity index (χ0n) is 11.9. The van der Waals surface area contributed by atoms with E-state index in [1.165, 1.54) is 11.9 Å². The highest BCUT2D eigenvalue weighted by atomic mass is 32.2. The van der Waals surface area contributed by atoms with Crippen molar-refractivity contribution in [1.29, 1.82) is 0 Å². The van der Waals surface area contributed by atoms with Crippen LogP contribution in [0.3, 0.4) is 0 Å². The van der Waals surface area contributed by atoms with Gasteiger partial charge in [0.25, 0.3) is 0 Å². The fourth-order valence-electron chi connectivity index (χ4n) is 2.09. The molecule has 0 amide bonds. The first-order valence-corrected chi connectivity index (χ1v) is 7.46. The van der Waals surface area contributed by atoms with Crippen LogP contribution in [-0.4, -0.2) is 24.1 Å². The van der Waals surface area contributed by atoms with E-state index in [4.69, 9.17) is 0 Å². The van der Waals surface area contributed by atoms with E-state index in [1.807, 2.05) is 44.6 Å². The van der Waals surface area contributed by atoms with Gasteiger partial charge in [0.05, 0.1) is 16.9 Å². The van der Waals surface area contributed by atoms with Crippen LogP contribution in [0, 0.1) is 0 Å². The van der Waals surface area contributed by atoms with E-state index in [2.05, 4.69) is 37.8 Å². The van der Waals surface area contributed by atoms with Crippen molar-refractivity contribution >= 4 is 34.2 Å². The summed E-state index contributed by atoms with van der Waals surface area (Å²) in [5, 5.41) is 2.06. The number of nitrogens with one attached hydrogen (secondary N) is 1. The molecule has 0 fully saturated rings. The molecule has 21 heavy (non-hydrogen) atoms. The number of benzene rings is 1. The predicted molar refractivity (Wildman–Crippen MR) is 89.8 cm³/mol. The van der Waals surface area contributed by atoms with Crippen molar-refractivity contribution in [3.05, 3.63) is 54.9 Å². The molecule has 0 spiro atoms. The molecular formula is C16H16N4S. The normalized spacial score (nSPS) is 10.6. The van der Waals surface area contributed by atoms with E-state index in [0.29, 0.717) is 0 Å². The first-order valence-electron chi connectivity index (χ1n) is 6.64. The van der Waals surface area contributed by atoms with Crippen molar-refractivity contribution in [2.24, 2.45) is 0 Å². The van der Waals surface area contributed by atoms with Gasteiger partial charge in [-0.3, -0.25) is 4.98 Å². The third kappa shape index (κ3) is 2.92. The van der Waals surface area contributed by atoms with Crippen molar-refractivity contribution in [3.63, 3.8) is 0 Å². The minimum absolute atomic E-state index is 0.940. The second kappa shape index (κ2) is 6.01. The number of aromatic nitrogens is 2. The Bertz CT molecular complexity index is 753. The van der Waals surface area contributed by atoms with Crippen molar-refractivity contribution in [2.45, 2.75) is 5.03 Å². The molecule has 2 aromatic heterocycles. The van der Waals surface area contributed by atoms with Gasteiger partial charge in [0.15, 0.2) is 0 Å². The smallest absolute Gasteiger partial charge is 0.140 e. The molecule has 4 nitrogen and oxygen atoms in total. The Morgan fingerprint density at radius 3 is 2.57 bits per heavy atom. The third-order valence-electron chi connectivity index (χ3n) is 3.12. The van der Waals surface area contributed by atoms with Crippen molar-refractivity contribution in [1.82, 2.24) is 9.97 Å². The highest BCUT2D eigenvalue weighted by molar-refractivity contribution is 8.00. The maximum atomic E-state index is 4.44. The van der Waals surface area contributed by atoms with Crippen LogP contribution >= 0.6 is 11.9 Å². The van der Waals surface area contributed by atoms with E-state index in [1.54, 1.807) is 6.20 Å². The van der Waals surface area contributed by atoms with Crippen LogP contribution in [0.15, 0.2) is 59.9 Å². The number of rotatable bonds is 4. The van der Waals surface area contributed by atoms with E-state index in [0.717, 1.165) is 27.3 Å². The zero-order valence-corrected chi connectivity index (χ0v) is 12.8. The SMILES string of the molecule is CN(C)c1cccnc1SNc1cccc2cccnc12. The molecule has 1 aromatic carbocycles. The van der Waals surface area contributed by atoms with Gasteiger partial charge in [-0.25, -0.2) is 4.98 Å². The minimum atomic E-state index is 0.940. The summed E-state index contributed by atoms with van der Waals surface area (Å²) in [6.45, 7) is 0. The van der Waals surface area contributed by atoms with E-state index >= 15 is 0 Å².